The first-order valence-electron chi connectivity index (χ1n) is 15.4. The summed E-state index contributed by atoms with van der Waals surface area (Å²) < 4.78 is -0.703. The minimum absolute atomic E-state index is 0.00210. The van der Waals surface area contributed by atoms with Crippen LogP contribution in [0.2, 0.25) is 5.02 Å². The Morgan fingerprint density at radius 2 is 1.88 bits per heavy atom. The quantitative estimate of drug-likeness (QED) is 0.209. The van der Waals surface area contributed by atoms with Crippen LogP contribution in [0.4, 0.5) is 5.69 Å². The summed E-state index contributed by atoms with van der Waals surface area (Å²) in [4.78, 5) is 48.8. The van der Waals surface area contributed by atoms with Crippen molar-refractivity contribution in [3.8, 4) is 0 Å². The maximum Gasteiger partial charge on any atom is 0.251 e. The fourth-order valence-corrected chi connectivity index (χ4v) is 10.3. The highest BCUT2D eigenvalue weighted by atomic mass is 35.5. The largest absolute Gasteiger partial charge is 0.396 e. The number of benzene rings is 1. The van der Waals surface area contributed by atoms with Crippen LogP contribution in [0.3, 0.4) is 0 Å². The molecule has 3 aliphatic rings. The summed E-state index contributed by atoms with van der Waals surface area (Å²) in [5.74, 6) is -1.19. The number of carbonyl (C=O) groups excluding carboxylic acids is 3. The van der Waals surface area contributed by atoms with E-state index < -0.39 is 22.6 Å². The molecule has 3 heterocycles. The number of aryl methyl sites for hydroxylation is 1. The third kappa shape index (κ3) is 5.67. The van der Waals surface area contributed by atoms with Gasteiger partial charge in [-0.05, 0) is 50.2 Å². The Labute approximate surface area is 260 Å². The van der Waals surface area contributed by atoms with Crippen molar-refractivity contribution in [3.63, 3.8) is 0 Å². The van der Waals surface area contributed by atoms with E-state index in [2.05, 4.69) is 20.1 Å². The zero-order valence-corrected chi connectivity index (χ0v) is 26.8. The van der Waals surface area contributed by atoms with Crippen LogP contribution in [0.25, 0.3) is 0 Å². The summed E-state index contributed by atoms with van der Waals surface area (Å²) in [7, 11) is 0. The highest BCUT2D eigenvalue weighted by molar-refractivity contribution is 8.02. The smallest absolute Gasteiger partial charge is 0.251 e. The number of unbranched alkanes of at least 4 members (excludes halogenated alkanes) is 3. The van der Waals surface area contributed by atoms with Crippen molar-refractivity contribution >= 4 is 46.8 Å². The molecule has 4 rings (SSSR count). The molecule has 7 nitrogen and oxygen atoms in total. The Bertz CT molecular complexity index is 1170. The average molecular weight is 616 g/mol. The molecule has 3 unspecified atom stereocenters. The average Bonchev–Trinajstić information content (AvgIpc) is 3.55. The molecule has 6 atom stereocenters. The highest BCUT2D eigenvalue weighted by Crippen LogP contribution is 2.69. The first kappa shape index (κ1) is 32.6. The summed E-state index contributed by atoms with van der Waals surface area (Å²) in [6.07, 6.45) is 8.19. The summed E-state index contributed by atoms with van der Waals surface area (Å²) in [6.45, 7) is 15.8. The number of likely N-dealkylation sites (tertiary alicyclic amines) is 1. The van der Waals surface area contributed by atoms with Crippen molar-refractivity contribution in [2.24, 2.45) is 17.8 Å². The van der Waals surface area contributed by atoms with E-state index in [9.17, 15) is 19.5 Å². The topological polar surface area (TPSA) is 81.2 Å². The molecular formula is C33H46ClN3O4S. The maximum absolute atomic E-state index is 14.9. The van der Waals surface area contributed by atoms with Gasteiger partial charge >= 0.3 is 0 Å². The van der Waals surface area contributed by atoms with E-state index in [0.717, 1.165) is 37.7 Å². The minimum atomic E-state index is -0.717. The van der Waals surface area contributed by atoms with E-state index in [4.69, 9.17) is 11.6 Å². The van der Waals surface area contributed by atoms with Gasteiger partial charge in [-0.1, -0.05) is 62.6 Å². The number of hydrogen-bond donors (Lipinski definition) is 1. The van der Waals surface area contributed by atoms with Gasteiger partial charge in [0.05, 0.1) is 27.3 Å². The molecule has 1 spiro atoms. The lowest BCUT2D eigenvalue weighted by molar-refractivity contribution is -0.144. The van der Waals surface area contributed by atoms with Gasteiger partial charge in [-0.25, -0.2) is 0 Å². The van der Waals surface area contributed by atoms with Crippen molar-refractivity contribution in [1.82, 2.24) is 9.80 Å². The molecule has 1 N–H and O–H groups in total. The van der Waals surface area contributed by atoms with Crippen LogP contribution in [0.1, 0.15) is 57.9 Å². The molecule has 0 aliphatic carbocycles. The van der Waals surface area contributed by atoms with Crippen molar-refractivity contribution in [3.05, 3.63) is 54.1 Å². The monoisotopic (exact) mass is 615 g/mol. The number of aliphatic hydroxyl groups is 1. The Hall–Kier alpha value is -2.29. The lowest BCUT2D eigenvalue weighted by Gasteiger charge is -2.41. The lowest BCUT2D eigenvalue weighted by Crippen LogP contribution is -2.58. The Morgan fingerprint density at radius 3 is 2.52 bits per heavy atom. The van der Waals surface area contributed by atoms with Gasteiger partial charge in [-0.2, -0.15) is 0 Å². The first-order valence-corrected chi connectivity index (χ1v) is 16.6. The molecule has 1 aromatic rings. The summed E-state index contributed by atoms with van der Waals surface area (Å²) >= 11 is 8.39. The summed E-state index contributed by atoms with van der Waals surface area (Å²) in [5.41, 5.74) is 1.51. The van der Waals surface area contributed by atoms with Crippen molar-refractivity contribution in [1.29, 1.82) is 0 Å². The van der Waals surface area contributed by atoms with Crippen molar-refractivity contribution in [2.45, 2.75) is 75.3 Å². The second-order valence-corrected chi connectivity index (χ2v) is 13.9. The zero-order valence-electron chi connectivity index (χ0n) is 25.3. The van der Waals surface area contributed by atoms with Gasteiger partial charge in [-0.15, -0.1) is 24.9 Å². The Morgan fingerprint density at radius 1 is 1.17 bits per heavy atom. The van der Waals surface area contributed by atoms with E-state index in [-0.39, 0.29) is 42.0 Å². The molecule has 0 radical (unpaired) electrons. The van der Waals surface area contributed by atoms with Gasteiger partial charge < -0.3 is 19.8 Å². The normalized spacial score (nSPS) is 27.7. The number of para-hydroxylation sites is 1. The number of aliphatic hydroxyl groups excluding tert-OH is 1. The molecule has 0 saturated carbocycles. The van der Waals surface area contributed by atoms with Crippen LogP contribution in [-0.4, -0.2) is 81.5 Å². The van der Waals surface area contributed by atoms with Gasteiger partial charge in [0.2, 0.25) is 11.8 Å². The molecule has 3 saturated heterocycles. The number of rotatable bonds is 15. The SMILES string of the molecule is C=CCN(CCC)C(=O)[C@@H]1[C@H]2C(=O)N(CCCCCCO)C(C(=O)N(CC=C)c3c(C)cccc3Cl)C23S[C@@H]1CC3C. The molecule has 42 heavy (non-hydrogen) atoms. The fraction of sp³-hybridized carbons (Fsp3) is 0.606. The second-order valence-electron chi connectivity index (χ2n) is 11.9. The zero-order chi connectivity index (χ0) is 30.6. The molecule has 2 bridgehead atoms. The number of amides is 3. The third-order valence-corrected chi connectivity index (χ3v) is 11.6. The predicted octanol–water partition coefficient (Wildman–Crippen LogP) is 5.48. The van der Waals surface area contributed by atoms with E-state index in [0.29, 0.717) is 36.8 Å². The number of halogens is 1. The highest BCUT2D eigenvalue weighted by Gasteiger charge is 2.76. The molecule has 3 aliphatic heterocycles. The van der Waals surface area contributed by atoms with Gasteiger partial charge in [0.15, 0.2) is 0 Å². The molecule has 1 aromatic carbocycles. The molecule has 230 valence electrons. The lowest BCUT2D eigenvalue weighted by atomic mass is 9.65. The molecule has 3 amide bonds. The second kappa shape index (κ2) is 14.0. The number of thioether (sulfide) groups is 1. The van der Waals surface area contributed by atoms with Gasteiger partial charge in [-0.3, -0.25) is 14.4 Å². The van der Waals surface area contributed by atoms with E-state index in [1.807, 2.05) is 30.9 Å². The first-order chi connectivity index (χ1) is 20.2. The van der Waals surface area contributed by atoms with Crippen molar-refractivity contribution < 1.29 is 19.5 Å². The molecule has 9 heteroatoms. The standard InChI is InChI=1S/C33H46ClN3O4S/c1-6-16-35(17-7-2)30(39)26-25-21-23(5)33(42-25)27(26)31(40)37(19-11-9-10-12-20-38)29(33)32(41)36(18-8-3)28-22(4)14-13-15-24(28)34/h6,8,13-15,23,25-27,29,38H,1,3,7,9-12,16-21H2,2,4-5H3/t23?,25-,26+,27+,29?,33?/m1/s1. The van der Waals surface area contributed by atoms with Crippen molar-refractivity contribution in [2.75, 3.05) is 37.7 Å². The van der Waals surface area contributed by atoms with E-state index in [1.165, 1.54) is 0 Å². The Balaban J connectivity index is 1.79. The number of nitrogens with zero attached hydrogens (tertiary/aromatic N) is 3. The summed E-state index contributed by atoms with van der Waals surface area (Å²) in [6, 6.07) is 4.86. The number of anilines is 1. The van der Waals surface area contributed by atoms with Crippen LogP contribution in [-0.2, 0) is 14.4 Å². The third-order valence-electron chi connectivity index (χ3n) is 9.26. The number of hydrogen-bond acceptors (Lipinski definition) is 5. The van der Waals surface area contributed by atoms with Crippen LogP contribution in [0.5, 0.6) is 0 Å². The Kier molecular flexibility index (Phi) is 10.9. The minimum Gasteiger partial charge on any atom is -0.396 e. The fourth-order valence-electron chi connectivity index (χ4n) is 7.53. The maximum atomic E-state index is 14.9. The molecular weight excluding hydrogens is 570 g/mol. The number of fused-ring (bicyclic) bond motifs is 1. The van der Waals surface area contributed by atoms with Gasteiger partial charge in [0, 0.05) is 38.0 Å². The van der Waals surface area contributed by atoms with Crippen LogP contribution < -0.4 is 4.90 Å². The van der Waals surface area contributed by atoms with E-state index in [1.54, 1.807) is 39.8 Å². The molecule has 0 aromatic heterocycles. The van der Waals surface area contributed by atoms with Crippen LogP contribution >= 0.6 is 23.4 Å². The van der Waals surface area contributed by atoms with Gasteiger partial charge in [0.25, 0.3) is 5.91 Å². The number of carbonyl (C=O) groups is 3. The van der Waals surface area contributed by atoms with Crippen LogP contribution in [0.15, 0.2) is 43.5 Å². The van der Waals surface area contributed by atoms with Gasteiger partial charge in [0.1, 0.15) is 6.04 Å². The van der Waals surface area contributed by atoms with Crippen LogP contribution in [0, 0.1) is 24.7 Å². The van der Waals surface area contributed by atoms with E-state index >= 15 is 0 Å². The molecule has 3 fully saturated rings. The summed E-state index contributed by atoms with van der Waals surface area (Å²) in [5, 5.41) is 9.69. The predicted molar refractivity (Wildman–Crippen MR) is 172 cm³/mol.